The van der Waals surface area contributed by atoms with E-state index in [1.807, 2.05) is 0 Å². The summed E-state index contributed by atoms with van der Waals surface area (Å²) in [7, 11) is 1.51. The van der Waals surface area contributed by atoms with Crippen LogP contribution in [0.2, 0.25) is 0 Å². The van der Waals surface area contributed by atoms with Crippen LogP contribution in [0.4, 0.5) is 8.78 Å². The van der Waals surface area contributed by atoms with Gasteiger partial charge in [0, 0.05) is 18.7 Å². The lowest BCUT2D eigenvalue weighted by Gasteiger charge is -2.14. The fourth-order valence-electron chi connectivity index (χ4n) is 1.67. The molecule has 0 bridgehead atoms. The van der Waals surface area contributed by atoms with Crippen LogP contribution >= 0.6 is 0 Å². The number of benzene rings is 1. The zero-order chi connectivity index (χ0) is 15.1. The summed E-state index contributed by atoms with van der Waals surface area (Å²) >= 11 is 0. The van der Waals surface area contributed by atoms with Crippen LogP contribution in [-0.2, 0) is 9.59 Å². The van der Waals surface area contributed by atoms with Crippen molar-refractivity contribution in [2.24, 2.45) is 0 Å². The third kappa shape index (κ3) is 4.93. The van der Waals surface area contributed by atoms with E-state index in [9.17, 15) is 18.4 Å². The van der Waals surface area contributed by atoms with Crippen molar-refractivity contribution < 1.29 is 23.7 Å². The van der Waals surface area contributed by atoms with Crippen molar-refractivity contribution in [3.8, 4) is 0 Å². The van der Waals surface area contributed by atoms with Gasteiger partial charge in [-0.3, -0.25) is 9.59 Å². The van der Waals surface area contributed by atoms with Gasteiger partial charge in [0.25, 0.3) is 11.8 Å². The third-order valence-corrected chi connectivity index (χ3v) is 2.74. The minimum absolute atomic E-state index is 0.0561. The van der Waals surface area contributed by atoms with Gasteiger partial charge >= 0.3 is 0 Å². The highest BCUT2D eigenvalue weighted by Gasteiger charge is 2.15. The van der Waals surface area contributed by atoms with Crippen LogP contribution < -0.4 is 16.0 Å². The van der Waals surface area contributed by atoms with Crippen molar-refractivity contribution in [3.63, 3.8) is 0 Å². The summed E-state index contributed by atoms with van der Waals surface area (Å²) in [4.78, 5) is 22.6. The summed E-state index contributed by atoms with van der Waals surface area (Å²) in [5.74, 6) is -1.88. The fourth-order valence-corrected chi connectivity index (χ4v) is 1.67. The number of rotatable bonds is 6. The first-order chi connectivity index (χ1) is 9.43. The molecule has 0 aliphatic rings. The quantitative estimate of drug-likeness (QED) is 0.656. The zero-order valence-electron chi connectivity index (χ0n) is 11.4. The first-order valence-electron chi connectivity index (χ1n) is 6.20. The van der Waals surface area contributed by atoms with E-state index in [2.05, 4.69) is 10.6 Å². The number of hydrogen-bond acceptors (Lipinski definition) is 2. The van der Waals surface area contributed by atoms with Crippen molar-refractivity contribution in [2.75, 3.05) is 20.1 Å². The van der Waals surface area contributed by atoms with E-state index in [1.54, 1.807) is 6.92 Å². The van der Waals surface area contributed by atoms with Crippen molar-refractivity contribution in [1.82, 2.24) is 10.6 Å². The predicted molar refractivity (Wildman–Crippen MR) is 68.6 cm³/mol. The maximum atomic E-state index is 13.5. The summed E-state index contributed by atoms with van der Waals surface area (Å²) in [5, 5.41) is 6.54. The first kappa shape index (κ1) is 16.0. The fraction of sp³-hybridized carbons (Fsp3) is 0.385. The summed E-state index contributed by atoms with van der Waals surface area (Å²) < 4.78 is 26.3. The number of amides is 2. The summed E-state index contributed by atoms with van der Waals surface area (Å²) in [5.41, 5.74) is 0.214. The number of likely N-dealkylation sites (N-methyl/N-ethyl adjacent to an activating group) is 1. The van der Waals surface area contributed by atoms with Gasteiger partial charge in [-0.1, -0.05) is 6.07 Å². The van der Waals surface area contributed by atoms with Crippen LogP contribution in [0.5, 0.6) is 0 Å². The molecule has 0 aromatic heterocycles. The van der Waals surface area contributed by atoms with Crippen LogP contribution in [-0.4, -0.2) is 32.0 Å². The standard InChI is InChI=1S/C13H17F2N3O2/c1-8(10-4-3-9(14)5-11(10)15)18-13(20)7-17-6-12(19)16-2/h3-5,8,17H,6-7H2,1-2H3,(H,16,19)(H,18,20)/p+1/t8-/m0/s1. The normalized spacial score (nSPS) is 11.8. The zero-order valence-corrected chi connectivity index (χ0v) is 11.4. The van der Waals surface area contributed by atoms with Gasteiger partial charge < -0.3 is 16.0 Å². The van der Waals surface area contributed by atoms with E-state index >= 15 is 0 Å². The van der Waals surface area contributed by atoms with Crippen molar-refractivity contribution in [1.29, 1.82) is 0 Å². The van der Waals surface area contributed by atoms with Crippen LogP contribution in [0.25, 0.3) is 0 Å². The topological polar surface area (TPSA) is 74.8 Å². The second-order valence-corrected chi connectivity index (χ2v) is 4.33. The van der Waals surface area contributed by atoms with Gasteiger partial charge in [-0.25, -0.2) is 8.78 Å². The molecule has 0 heterocycles. The highest BCUT2D eigenvalue weighted by Crippen LogP contribution is 2.17. The first-order valence-corrected chi connectivity index (χ1v) is 6.20. The molecule has 1 rings (SSSR count). The molecule has 0 saturated carbocycles. The number of nitrogens with one attached hydrogen (secondary N) is 2. The minimum atomic E-state index is -0.702. The molecule has 1 aromatic rings. The van der Waals surface area contributed by atoms with Gasteiger partial charge in [0.05, 0.1) is 6.04 Å². The molecule has 0 aliphatic heterocycles. The number of quaternary nitrogens is 1. The Morgan fingerprint density at radius 2 is 1.90 bits per heavy atom. The van der Waals surface area contributed by atoms with E-state index in [4.69, 9.17) is 0 Å². The Balaban J connectivity index is 2.47. The maximum Gasteiger partial charge on any atom is 0.275 e. The lowest BCUT2D eigenvalue weighted by molar-refractivity contribution is -0.633. The molecular formula is C13H18F2N3O2+. The van der Waals surface area contributed by atoms with Gasteiger partial charge in [-0.2, -0.15) is 0 Å². The molecule has 1 atom stereocenters. The number of nitrogens with two attached hydrogens (primary N) is 1. The number of carbonyl (C=O) groups excluding carboxylic acids is 2. The van der Waals surface area contributed by atoms with E-state index in [1.165, 1.54) is 18.4 Å². The van der Waals surface area contributed by atoms with Gasteiger partial charge in [0.15, 0.2) is 13.1 Å². The molecule has 2 amide bonds. The molecule has 20 heavy (non-hydrogen) atoms. The second-order valence-electron chi connectivity index (χ2n) is 4.33. The van der Waals surface area contributed by atoms with Gasteiger partial charge in [0.1, 0.15) is 11.6 Å². The molecule has 1 aromatic carbocycles. The summed E-state index contributed by atoms with van der Waals surface area (Å²) in [6.45, 7) is 1.80. The average molecular weight is 286 g/mol. The molecule has 4 N–H and O–H groups in total. The average Bonchev–Trinajstić information content (AvgIpc) is 2.38. The van der Waals surface area contributed by atoms with Gasteiger partial charge in [-0.15, -0.1) is 0 Å². The Hall–Kier alpha value is -2.02. The molecule has 0 fully saturated rings. The monoisotopic (exact) mass is 286 g/mol. The van der Waals surface area contributed by atoms with E-state index < -0.39 is 17.7 Å². The Morgan fingerprint density at radius 3 is 2.50 bits per heavy atom. The molecule has 5 nitrogen and oxygen atoms in total. The smallest absolute Gasteiger partial charge is 0.275 e. The lowest BCUT2D eigenvalue weighted by Crippen LogP contribution is -2.88. The SMILES string of the molecule is CNC(=O)C[NH2+]CC(=O)N[C@@H](C)c1ccc(F)cc1F. The predicted octanol–water partition coefficient (Wildman–Crippen LogP) is -0.549. The molecule has 7 heteroatoms. The van der Waals surface area contributed by atoms with Gasteiger partial charge in [-0.05, 0) is 13.0 Å². The molecule has 0 radical (unpaired) electrons. The van der Waals surface area contributed by atoms with Crippen molar-refractivity contribution in [3.05, 3.63) is 35.4 Å². The number of carbonyl (C=O) groups is 2. The van der Waals surface area contributed by atoms with E-state index in [0.717, 1.165) is 12.1 Å². The van der Waals surface area contributed by atoms with Crippen LogP contribution in [0, 0.1) is 11.6 Å². The van der Waals surface area contributed by atoms with Gasteiger partial charge in [0.2, 0.25) is 0 Å². The third-order valence-electron chi connectivity index (χ3n) is 2.74. The number of halogens is 2. The molecule has 110 valence electrons. The van der Waals surface area contributed by atoms with Crippen molar-refractivity contribution in [2.45, 2.75) is 13.0 Å². The van der Waals surface area contributed by atoms with E-state index in [-0.39, 0.29) is 30.5 Å². The van der Waals surface area contributed by atoms with Crippen LogP contribution in [0.3, 0.4) is 0 Å². The number of hydrogen-bond donors (Lipinski definition) is 3. The minimum Gasteiger partial charge on any atom is -0.354 e. The highest BCUT2D eigenvalue weighted by atomic mass is 19.1. The Labute approximate surface area is 115 Å². The lowest BCUT2D eigenvalue weighted by atomic mass is 10.1. The molecular weight excluding hydrogens is 268 g/mol. The molecule has 0 saturated heterocycles. The maximum absolute atomic E-state index is 13.5. The summed E-state index contributed by atoms with van der Waals surface area (Å²) in [6, 6.07) is 2.63. The Morgan fingerprint density at radius 1 is 1.25 bits per heavy atom. The highest BCUT2D eigenvalue weighted by molar-refractivity contribution is 5.78. The summed E-state index contributed by atoms with van der Waals surface area (Å²) in [6.07, 6.45) is 0. The Bertz CT molecular complexity index is 495. The Kier molecular flexibility index (Phi) is 6.05. The molecule has 0 aliphatic carbocycles. The molecule has 0 unspecified atom stereocenters. The molecule has 0 spiro atoms. The van der Waals surface area contributed by atoms with Crippen molar-refractivity contribution >= 4 is 11.8 Å². The largest absolute Gasteiger partial charge is 0.354 e. The second kappa shape index (κ2) is 7.54. The van der Waals surface area contributed by atoms with Crippen LogP contribution in [0.15, 0.2) is 18.2 Å². The van der Waals surface area contributed by atoms with E-state index in [0.29, 0.717) is 0 Å². The van der Waals surface area contributed by atoms with Crippen LogP contribution in [0.1, 0.15) is 18.5 Å².